The molecule has 1 aromatic carbocycles. The topological polar surface area (TPSA) is 52.2 Å². The van der Waals surface area contributed by atoms with E-state index in [2.05, 4.69) is 22.3 Å². The van der Waals surface area contributed by atoms with E-state index in [4.69, 9.17) is 9.68 Å². The maximum Gasteiger partial charge on any atom is 0.203 e. The van der Waals surface area contributed by atoms with Crippen molar-refractivity contribution in [2.75, 3.05) is 19.4 Å². The van der Waals surface area contributed by atoms with E-state index in [0.717, 1.165) is 18.0 Å². The first-order valence-electron chi connectivity index (χ1n) is 6.14. The molecule has 0 amide bonds. The average molecular weight is 255 g/mol. The minimum atomic E-state index is 0.346. The Morgan fingerprint density at radius 1 is 1.26 bits per heavy atom. The van der Waals surface area contributed by atoms with E-state index in [1.807, 2.05) is 38.4 Å². The van der Waals surface area contributed by atoms with Gasteiger partial charge in [-0.3, -0.25) is 0 Å². The molecule has 4 heteroatoms. The van der Waals surface area contributed by atoms with Crippen LogP contribution in [-0.2, 0) is 13.1 Å². The number of hydrogen-bond acceptors (Lipinski definition) is 4. The number of anilines is 1. The zero-order chi connectivity index (χ0) is 13.7. The van der Waals surface area contributed by atoms with Gasteiger partial charge < -0.3 is 14.6 Å². The Hall–Kier alpha value is -2.25. The van der Waals surface area contributed by atoms with Gasteiger partial charge in [-0.05, 0) is 43.9 Å². The van der Waals surface area contributed by atoms with Gasteiger partial charge in [0, 0.05) is 12.2 Å². The quantitative estimate of drug-likeness (QED) is 0.892. The molecule has 1 aromatic heterocycles. The van der Waals surface area contributed by atoms with E-state index in [9.17, 15) is 0 Å². The highest BCUT2D eigenvalue weighted by Gasteiger charge is 2.02. The molecule has 2 rings (SSSR count). The minimum absolute atomic E-state index is 0.346. The number of benzene rings is 1. The van der Waals surface area contributed by atoms with Crippen molar-refractivity contribution in [3.63, 3.8) is 0 Å². The average Bonchev–Trinajstić information content (AvgIpc) is 2.84. The molecule has 0 radical (unpaired) electrons. The second-order valence-electron chi connectivity index (χ2n) is 4.67. The molecule has 0 spiro atoms. The maximum absolute atomic E-state index is 8.69. The Kier molecular flexibility index (Phi) is 4.22. The lowest BCUT2D eigenvalue weighted by Gasteiger charge is -2.11. The number of furan rings is 1. The lowest BCUT2D eigenvalue weighted by Crippen LogP contribution is -2.10. The van der Waals surface area contributed by atoms with Gasteiger partial charge in [-0.1, -0.05) is 12.1 Å². The SMILES string of the molecule is CN(C)Cc1cccc(NCc2ccc(C#N)o2)c1. The molecule has 4 nitrogen and oxygen atoms in total. The highest BCUT2D eigenvalue weighted by molar-refractivity contribution is 5.45. The van der Waals surface area contributed by atoms with Crippen molar-refractivity contribution in [2.45, 2.75) is 13.1 Å². The van der Waals surface area contributed by atoms with E-state index >= 15 is 0 Å². The molecule has 0 saturated heterocycles. The van der Waals surface area contributed by atoms with Crippen molar-refractivity contribution >= 4 is 5.69 Å². The monoisotopic (exact) mass is 255 g/mol. The predicted molar refractivity (Wildman–Crippen MR) is 74.6 cm³/mol. The summed E-state index contributed by atoms with van der Waals surface area (Å²) in [6, 6.07) is 13.7. The second-order valence-corrected chi connectivity index (χ2v) is 4.67. The van der Waals surface area contributed by atoms with Gasteiger partial charge in [0.2, 0.25) is 5.76 Å². The molecule has 0 aliphatic heterocycles. The molecular weight excluding hydrogens is 238 g/mol. The Labute approximate surface area is 113 Å². The van der Waals surface area contributed by atoms with Crippen LogP contribution in [0, 0.1) is 11.3 Å². The van der Waals surface area contributed by atoms with Gasteiger partial charge in [0.25, 0.3) is 0 Å². The minimum Gasteiger partial charge on any atom is -0.449 e. The highest BCUT2D eigenvalue weighted by Crippen LogP contribution is 2.14. The molecule has 0 aliphatic rings. The number of hydrogen-bond donors (Lipinski definition) is 1. The van der Waals surface area contributed by atoms with Crippen molar-refractivity contribution in [1.82, 2.24) is 4.90 Å². The molecule has 1 heterocycles. The van der Waals surface area contributed by atoms with Crippen LogP contribution < -0.4 is 5.32 Å². The van der Waals surface area contributed by atoms with Crippen LogP contribution >= 0.6 is 0 Å². The van der Waals surface area contributed by atoms with E-state index in [1.54, 1.807) is 6.07 Å². The Bertz CT molecular complexity index is 581. The molecule has 0 atom stereocenters. The molecule has 0 saturated carbocycles. The van der Waals surface area contributed by atoms with Crippen LogP contribution in [0.15, 0.2) is 40.8 Å². The van der Waals surface area contributed by atoms with Crippen molar-refractivity contribution in [3.8, 4) is 6.07 Å². The maximum atomic E-state index is 8.69. The number of nitrogens with zero attached hydrogens (tertiary/aromatic N) is 2. The summed E-state index contributed by atoms with van der Waals surface area (Å²) in [7, 11) is 4.10. The van der Waals surface area contributed by atoms with Crippen LogP contribution in [0.4, 0.5) is 5.69 Å². The summed E-state index contributed by atoms with van der Waals surface area (Å²) in [5, 5.41) is 12.0. The first-order chi connectivity index (χ1) is 9.17. The normalized spacial score (nSPS) is 10.4. The zero-order valence-corrected chi connectivity index (χ0v) is 11.2. The van der Waals surface area contributed by atoms with E-state index in [-0.39, 0.29) is 0 Å². The van der Waals surface area contributed by atoms with Crippen LogP contribution in [0.3, 0.4) is 0 Å². The molecule has 98 valence electrons. The second kappa shape index (κ2) is 6.07. The van der Waals surface area contributed by atoms with Gasteiger partial charge in [0.1, 0.15) is 11.8 Å². The van der Waals surface area contributed by atoms with Crippen LogP contribution in [0.5, 0.6) is 0 Å². The predicted octanol–water partition coefficient (Wildman–Crippen LogP) is 2.82. The molecule has 0 aliphatic carbocycles. The molecule has 0 fully saturated rings. The van der Waals surface area contributed by atoms with Gasteiger partial charge in [-0.25, -0.2) is 0 Å². The molecule has 0 unspecified atom stereocenters. The number of nitrogens with one attached hydrogen (secondary N) is 1. The molecule has 2 aromatic rings. The summed E-state index contributed by atoms with van der Waals surface area (Å²) in [5.41, 5.74) is 2.31. The molecular formula is C15H17N3O. The number of rotatable bonds is 5. The van der Waals surface area contributed by atoms with E-state index in [1.165, 1.54) is 5.56 Å². The first-order valence-corrected chi connectivity index (χ1v) is 6.14. The Morgan fingerprint density at radius 3 is 2.79 bits per heavy atom. The van der Waals surface area contributed by atoms with Crippen LogP contribution in [0.25, 0.3) is 0 Å². The van der Waals surface area contributed by atoms with Gasteiger partial charge in [-0.2, -0.15) is 5.26 Å². The third kappa shape index (κ3) is 3.87. The lowest BCUT2D eigenvalue weighted by molar-refractivity contribution is 0.402. The summed E-state index contributed by atoms with van der Waals surface area (Å²) >= 11 is 0. The van der Waals surface area contributed by atoms with Gasteiger partial charge >= 0.3 is 0 Å². The Morgan fingerprint density at radius 2 is 2.11 bits per heavy atom. The van der Waals surface area contributed by atoms with Gasteiger partial charge in [-0.15, -0.1) is 0 Å². The van der Waals surface area contributed by atoms with Crippen molar-refractivity contribution in [1.29, 1.82) is 5.26 Å². The first kappa shape index (κ1) is 13.2. The fourth-order valence-electron chi connectivity index (χ4n) is 1.87. The fraction of sp³-hybridized carbons (Fsp3) is 0.267. The Balaban J connectivity index is 1.97. The van der Waals surface area contributed by atoms with Crippen LogP contribution in [0.2, 0.25) is 0 Å². The highest BCUT2D eigenvalue weighted by atomic mass is 16.3. The molecule has 1 N–H and O–H groups in total. The van der Waals surface area contributed by atoms with Crippen molar-refractivity contribution in [3.05, 3.63) is 53.5 Å². The van der Waals surface area contributed by atoms with E-state index in [0.29, 0.717) is 12.3 Å². The zero-order valence-electron chi connectivity index (χ0n) is 11.2. The summed E-state index contributed by atoms with van der Waals surface area (Å²) in [4.78, 5) is 2.13. The largest absolute Gasteiger partial charge is 0.449 e. The molecule has 0 bridgehead atoms. The van der Waals surface area contributed by atoms with Crippen LogP contribution in [-0.4, -0.2) is 19.0 Å². The third-order valence-corrected chi connectivity index (χ3v) is 2.66. The smallest absolute Gasteiger partial charge is 0.203 e. The van der Waals surface area contributed by atoms with Crippen LogP contribution in [0.1, 0.15) is 17.1 Å². The fourth-order valence-corrected chi connectivity index (χ4v) is 1.87. The summed E-state index contributed by atoms with van der Waals surface area (Å²) in [6.45, 7) is 1.49. The van der Waals surface area contributed by atoms with Crippen molar-refractivity contribution < 1.29 is 4.42 Å². The molecule has 19 heavy (non-hydrogen) atoms. The summed E-state index contributed by atoms with van der Waals surface area (Å²) < 4.78 is 5.32. The van der Waals surface area contributed by atoms with E-state index < -0.39 is 0 Å². The standard InChI is InChI=1S/C15H17N3O/c1-18(2)11-12-4-3-5-13(8-12)17-10-15-7-6-14(9-16)19-15/h3-8,17H,10-11H2,1-2H3. The number of nitriles is 1. The summed E-state index contributed by atoms with van der Waals surface area (Å²) in [5.74, 6) is 1.10. The lowest BCUT2D eigenvalue weighted by atomic mass is 10.2. The van der Waals surface area contributed by atoms with Crippen molar-refractivity contribution in [2.24, 2.45) is 0 Å². The van der Waals surface area contributed by atoms with Gasteiger partial charge in [0.15, 0.2) is 0 Å². The summed E-state index contributed by atoms with van der Waals surface area (Å²) in [6.07, 6.45) is 0. The van der Waals surface area contributed by atoms with Gasteiger partial charge in [0.05, 0.1) is 6.54 Å². The third-order valence-electron chi connectivity index (χ3n) is 2.66.